The minimum Gasteiger partial charge on any atom is -0.396 e. The van der Waals surface area contributed by atoms with Crippen molar-refractivity contribution in [3.8, 4) is 0 Å². The van der Waals surface area contributed by atoms with Crippen LogP contribution in [-0.2, 0) is 14.2 Å². The molecule has 0 aromatic carbocycles. The van der Waals surface area contributed by atoms with Crippen LogP contribution in [0.15, 0.2) is 106 Å². The van der Waals surface area contributed by atoms with Crippen molar-refractivity contribution in [2.75, 3.05) is 113 Å². The lowest BCUT2D eigenvalue weighted by atomic mass is 9.87. The number of hydrogen-bond acceptors (Lipinski definition) is 24. The third-order valence-electron chi connectivity index (χ3n) is 18.8. The van der Waals surface area contributed by atoms with Crippen molar-refractivity contribution in [1.82, 2.24) is 57.5 Å². The molecule has 0 amide bonds. The smallest absolute Gasteiger partial charge is 0.274 e. The maximum absolute atomic E-state index is 13.1. The number of aliphatic hydroxyl groups is 3. The van der Waals surface area contributed by atoms with Crippen molar-refractivity contribution in [1.29, 1.82) is 0 Å². The molecule has 12 rings (SSSR count). The molecule has 0 radical (unpaired) electrons. The molecule has 9 aromatic heterocycles. The van der Waals surface area contributed by atoms with Gasteiger partial charge in [0.1, 0.15) is 52.0 Å². The number of carbonyl (C=O) groups excluding carboxylic acids is 3. The fourth-order valence-electron chi connectivity index (χ4n) is 12.1. The molecule has 3 saturated heterocycles. The molecule has 3 aliphatic heterocycles. The van der Waals surface area contributed by atoms with E-state index in [-0.39, 0.29) is 107 Å². The number of aliphatic hydroxyl groups excluding tert-OH is 3. The number of ketones is 3. The quantitative estimate of drug-likeness (QED) is 0.0217. The van der Waals surface area contributed by atoms with E-state index in [0.717, 1.165) is 58.3 Å². The average Bonchev–Trinajstić information content (AvgIpc) is 1.60. The Labute approximate surface area is 590 Å². The first-order chi connectivity index (χ1) is 49.0. The Bertz CT molecular complexity index is 4130. The molecule has 0 spiro atoms. The predicted octanol–water partition coefficient (Wildman–Crippen LogP) is 9.03. The molecule has 3 aliphatic rings. The number of carbonyl (C=O) groups is 3. The first-order valence-corrected chi connectivity index (χ1v) is 34.8. The van der Waals surface area contributed by atoms with Gasteiger partial charge in [-0.1, -0.05) is 41.5 Å². The number of pyridine rings is 3. The Hall–Kier alpha value is -9.72. The molecule has 3 fully saturated rings. The Morgan fingerprint density at radius 3 is 0.971 bits per heavy atom. The third kappa shape index (κ3) is 17.9. The van der Waals surface area contributed by atoms with Gasteiger partial charge >= 0.3 is 0 Å². The number of nitrogens with one attached hydrogen (secondary N) is 6. The minimum absolute atomic E-state index is 0.00679. The summed E-state index contributed by atoms with van der Waals surface area (Å²) in [6.07, 6.45) is 17.8. The lowest BCUT2D eigenvalue weighted by Gasteiger charge is -2.24. The first kappa shape index (κ1) is 75.0. The van der Waals surface area contributed by atoms with E-state index in [1.165, 1.54) is 18.6 Å². The van der Waals surface area contributed by atoms with Crippen LogP contribution >= 0.6 is 0 Å². The van der Waals surface area contributed by atoms with Crippen molar-refractivity contribution < 1.29 is 43.9 Å². The summed E-state index contributed by atoms with van der Waals surface area (Å²) in [6, 6.07) is 15.9. The summed E-state index contributed by atoms with van der Waals surface area (Å²) < 4.78 is 26.5. The zero-order valence-electron chi connectivity index (χ0n) is 59.6. The standard InChI is InChI=1S/3C24H32N6O4/c3*1-24(2,15-31)9-8-19(32)17-13-26-30-21(25-3)12-20(28-22(17)30)27-18-7-4-10-29(23(18)33)16-6-5-11-34-14-16/h3*4,7,10,12-13,16,25,31H,5-6,8-9,11,14-15H2,1-3H3,(H,27,28)/t2*16-;/m10./s1. The average molecular weight is 1410 g/mol. The number of fused-ring (bicyclic) bond motifs is 3. The molecule has 3 atom stereocenters. The molecule has 30 nitrogen and oxygen atoms in total. The lowest BCUT2D eigenvalue weighted by Crippen LogP contribution is -2.31. The highest BCUT2D eigenvalue weighted by molar-refractivity contribution is 6.03. The summed E-state index contributed by atoms with van der Waals surface area (Å²) in [7, 11) is 5.26. The van der Waals surface area contributed by atoms with Crippen molar-refractivity contribution in [3.05, 3.63) is 140 Å². The topological polar surface area (TPSA) is 368 Å². The molecule has 546 valence electrons. The molecule has 0 bridgehead atoms. The zero-order chi connectivity index (χ0) is 72.9. The second-order valence-corrected chi connectivity index (χ2v) is 28.3. The largest absolute Gasteiger partial charge is 0.396 e. The van der Waals surface area contributed by atoms with Gasteiger partial charge < -0.3 is 75.1 Å². The normalized spacial score (nSPS) is 16.5. The van der Waals surface area contributed by atoms with Gasteiger partial charge in [-0.25, -0.2) is 15.0 Å². The van der Waals surface area contributed by atoms with Gasteiger partial charge in [0.05, 0.1) is 73.2 Å². The predicted molar refractivity (Wildman–Crippen MR) is 390 cm³/mol. The van der Waals surface area contributed by atoms with E-state index in [4.69, 9.17) is 14.2 Å². The molecule has 12 heterocycles. The highest BCUT2D eigenvalue weighted by Gasteiger charge is 2.28. The zero-order valence-corrected chi connectivity index (χ0v) is 59.6. The molecule has 102 heavy (non-hydrogen) atoms. The van der Waals surface area contributed by atoms with Gasteiger partial charge in [-0.15, -0.1) is 0 Å². The van der Waals surface area contributed by atoms with Gasteiger partial charge in [-0.2, -0.15) is 28.8 Å². The maximum Gasteiger partial charge on any atom is 0.274 e. The first-order valence-electron chi connectivity index (χ1n) is 34.8. The van der Waals surface area contributed by atoms with Crippen molar-refractivity contribution in [2.24, 2.45) is 16.2 Å². The number of nitrogens with zero attached hydrogens (tertiary/aromatic N) is 12. The van der Waals surface area contributed by atoms with Crippen molar-refractivity contribution >= 4 is 86.3 Å². The Morgan fingerprint density at radius 2 is 0.735 bits per heavy atom. The Balaban J connectivity index is 0.000000165. The van der Waals surface area contributed by atoms with E-state index in [1.54, 1.807) is 103 Å². The van der Waals surface area contributed by atoms with Gasteiger partial charge in [-0.05, 0) is 110 Å². The van der Waals surface area contributed by atoms with Crippen LogP contribution in [0.3, 0.4) is 0 Å². The van der Waals surface area contributed by atoms with Gasteiger partial charge in [-0.3, -0.25) is 28.8 Å². The van der Waals surface area contributed by atoms with Crippen LogP contribution in [-0.4, -0.2) is 171 Å². The fourth-order valence-corrected chi connectivity index (χ4v) is 12.1. The van der Waals surface area contributed by atoms with E-state index >= 15 is 0 Å². The molecule has 30 heteroatoms. The number of aromatic nitrogens is 12. The van der Waals surface area contributed by atoms with Crippen LogP contribution in [0.25, 0.3) is 16.9 Å². The van der Waals surface area contributed by atoms with E-state index in [1.807, 2.05) is 59.7 Å². The fraction of sp³-hybridized carbons (Fsp3) is 0.500. The number of rotatable bonds is 27. The summed E-state index contributed by atoms with van der Waals surface area (Å²) in [4.78, 5) is 92.1. The monoisotopic (exact) mass is 1400 g/mol. The van der Waals surface area contributed by atoms with Crippen LogP contribution in [0, 0.1) is 16.2 Å². The second-order valence-electron chi connectivity index (χ2n) is 28.3. The number of Topliss-reactive ketones (excluding diaryl/α,β-unsaturated/α-hetero) is 3. The summed E-state index contributed by atoms with van der Waals surface area (Å²) in [6.45, 7) is 15.3. The third-order valence-corrected chi connectivity index (χ3v) is 18.8. The molecule has 9 N–H and O–H groups in total. The molecular weight excluding hydrogens is 1310 g/mol. The van der Waals surface area contributed by atoms with Crippen LogP contribution in [0.4, 0.5) is 52.0 Å². The second kappa shape index (κ2) is 33.4. The lowest BCUT2D eigenvalue weighted by molar-refractivity contribution is 0.0580. The van der Waals surface area contributed by atoms with Crippen LogP contribution < -0.4 is 48.6 Å². The van der Waals surface area contributed by atoms with Crippen LogP contribution in [0.5, 0.6) is 0 Å². The van der Waals surface area contributed by atoms with Crippen molar-refractivity contribution in [3.63, 3.8) is 0 Å². The molecule has 0 aliphatic carbocycles. The summed E-state index contributed by atoms with van der Waals surface area (Å²) in [5, 5.41) is 60.0. The number of ether oxygens (including phenoxy) is 3. The van der Waals surface area contributed by atoms with Crippen molar-refractivity contribution in [2.45, 2.75) is 137 Å². The van der Waals surface area contributed by atoms with E-state index < -0.39 is 0 Å². The molecular formula is C72H96N18O12. The summed E-state index contributed by atoms with van der Waals surface area (Å²) in [5.41, 5.74) is 2.11. The van der Waals surface area contributed by atoms with E-state index in [2.05, 4.69) is 62.1 Å². The maximum atomic E-state index is 13.1. The number of hydrogen-bond donors (Lipinski definition) is 9. The highest BCUT2D eigenvalue weighted by atomic mass is 16.5. The van der Waals surface area contributed by atoms with Gasteiger partial charge in [0, 0.05) is 117 Å². The van der Waals surface area contributed by atoms with Gasteiger partial charge in [0.2, 0.25) is 0 Å². The molecule has 9 aromatic rings. The SMILES string of the molecule is CNc1cc(Nc2cccn(C3CCCOC3)c2=O)nc2c(C(=O)CCC(C)(C)CO)cnn12.CNc1cc(Nc2cccn([C@@H]3CCCOC3)c2=O)nc2c(C(=O)CCC(C)(C)CO)cnn12.CNc1cc(Nc2cccn([C@H]3CCCOC3)c2=O)nc2c(C(=O)CCC(C)(C)CO)cnn12. The van der Waals surface area contributed by atoms with E-state index in [9.17, 15) is 44.1 Å². The van der Waals surface area contributed by atoms with Gasteiger partial charge in [0.15, 0.2) is 34.3 Å². The minimum atomic E-state index is -0.342. The van der Waals surface area contributed by atoms with Gasteiger partial charge in [0.25, 0.3) is 16.7 Å². The molecule has 0 saturated carbocycles. The van der Waals surface area contributed by atoms with Crippen LogP contribution in [0.2, 0.25) is 0 Å². The molecule has 1 unspecified atom stereocenters. The Morgan fingerprint density at radius 1 is 0.461 bits per heavy atom. The Kier molecular flexibility index (Phi) is 24.5. The number of anilines is 9. The highest BCUT2D eigenvalue weighted by Crippen LogP contribution is 2.31. The van der Waals surface area contributed by atoms with Crippen LogP contribution in [0.1, 0.15) is 168 Å². The summed E-state index contributed by atoms with van der Waals surface area (Å²) in [5.74, 6) is 2.87. The van der Waals surface area contributed by atoms with E-state index in [0.29, 0.717) is 125 Å². The summed E-state index contributed by atoms with van der Waals surface area (Å²) >= 11 is 0.